The van der Waals surface area contributed by atoms with Gasteiger partial charge < -0.3 is 4.74 Å². The van der Waals surface area contributed by atoms with Crippen molar-refractivity contribution in [2.24, 2.45) is 0 Å². The Kier molecular flexibility index (Phi) is 5.00. The molecule has 154 valence electrons. The van der Waals surface area contributed by atoms with Gasteiger partial charge in [0.15, 0.2) is 5.78 Å². The summed E-state index contributed by atoms with van der Waals surface area (Å²) in [6, 6.07) is 8.81. The molecular formula is C22H24ClNO4S. The zero-order valence-electron chi connectivity index (χ0n) is 16.8. The molecule has 29 heavy (non-hydrogen) atoms. The molecule has 2 aliphatic rings. The van der Waals surface area contributed by atoms with Crippen LogP contribution in [0, 0.1) is 20.8 Å². The van der Waals surface area contributed by atoms with Crippen LogP contribution >= 0.6 is 11.6 Å². The monoisotopic (exact) mass is 433 g/mol. The minimum absolute atomic E-state index is 0.00235. The Labute approximate surface area is 176 Å². The van der Waals surface area contributed by atoms with Gasteiger partial charge >= 0.3 is 0 Å². The van der Waals surface area contributed by atoms with Gasteiger partial charge in [0.25, 0.3) is 0 Å². The summed E-state index contributed by atoms with van der Waals surface area (Å²) in [6.45, 7) is 6.28. The van der Waals surface area contributed by atoms with Crippen LogP contribution < -0.4 is 4.74 Å². The summed E-state index contributed by atoms with van der Waals surface area (Å²) >= 11 is 6.09. The number of piperidine rings is 1. The van der Waals surface area contributed by atoms with Crippen LogP contribution in [0.25, 0.3) is 0 Å². The lowest BCUT2D eigenvalue weighted by atomic mass is 9.82. The summed E-state index contributed by atoms with van der Waals surface area (Å²) < 4.78 is 34.1. The van der Waals surface area contributed by atoms with Gasteiger partial charge in [-0.3, -0.25) is 4.79 Å². The molecule has 0 amide bonds. The number of rotatable bonds is 2. The summed E-state index contributed by atoms with van der Waals surface area (Å²) in [5.41, 5.74) is 2.46. The molecule has 1 spiro atoms. The predicted molar refractivity (Wildman–Crippen MR) is 112 cm³/mol. The summed E-state index contributed by atoms with van der Waals surface area (Å²) in [6.07, 6.45) is 1.20. The maximum atomic E-state index is 13.1. The van der Waals surface area contributed by atoms with Crippen LogP contribution in [0.1, 0.15) is 46.3 Å². The molecule has 0 bridgehead atoms. The molecule has 5 nitrogen and oxygen atoms in total. The lowest BCUT2D eigenvalue weighted by Crippen LogP contribution is -2.52. The predicted octanol–water partition coefficient (Wildman–Crippen LogP) is 4.45. The smallest absolute Gasteiger partial charge is 0.243 e. The van der Waals surface area contributed by atoms with Crippen molar-refractivity contribution in [1.82, 2.24) is 4.31 Å². The second kappa shape index (κ2) is 7.11. The van der Waals surface area contributed by atoms with E-state index in [4.69, 9.17) is 16.3 Å². The highest BCUT2D eigenvalue weighted by molar-refractivity contribution is 7.89. The summed E-state index contributed by atoms with van der Waals surface area (Å²) in [5.74, 6) is 0.582. The topological polar surface area (TPSA) is 63.7 Å². The molecule has 0 aliphatic carbocycles. The van der Waals surface area contributed by atoms with Crippen molar-refractivity contribution in [2.75, 3.05) is 13.1 Å². The summed E-state index contributed by atoms with van der Waals surface area (Å²) in [7, 11) is -3.58. The zero-order valence-corrected chi connectivity index (χ0v) is 18.4. The number of halogens is 1. The third-order valence-electron chi connectivity index (χ3n) is 5.92. The standard InChI is InChI=1S/C22H24ClNO4S/c1-14-4-5-20(15(2)10-14)29(26,27)24-8-6-22(7-9-24)13-19(25)18-12-17(23)11-16(3)21(18)28-22/h4-5,10-12H,6-9,13H2,1-3H3. The van der Waals surface area contributed by atoms with Crippen LogP contribution in [0.3, 0.4) is 0 Å². The van der Waals surface area contributed by atoms with Crippen LogP contribution in [-0.4, -0.2) is 37.2 Å². The largest absolute Gasteiger partial charge is 0.486 e. The van der Waals surface area contributed by atoms with Gasteiger partial charge in [-0.2, -0.15) is 4.31 Å². The minimum Gasteiger partial charge on any atom is -0.486 e. The van der Waals surface area contributed by atoms with E-state index >= 15 is 0 Å². The molecule has 7 heteroatoms. The van der Waals surface area contributed by atoms with E-state index in [1.165, 1.54) is 4.31 Å². The van der Waals surface area contributed by atoms with Gasteiger partial charge in [0.1, 0.15) is 11.4 Å². The van der Waals surface area contributed by atoms with Crippen LogP contribution in [0.4, 0.5) is 0 Å². The zero-order chi connectivity index (χ0) is 21.0. The van der Waals surface area contributed by atoms with Crippen LogP contribution in [0.5, 0.6) is 5.75 Å². The molecule has 0 aromatic heterocycles. The number of hydrogen-bond donors (Lipinski definition) is 0. The molecule has 2 aromatic rings. The van der Waals surface area contributed by atoms with E-state index in [2.05, 4.69) is 0 Å². The van der Waals surface area contributed by atoms with Gasteiger partial charge in [0.05, 0.1) is 16.9 Å². The van der Waals surface area contributed by atoms with E-state index in [1.807, 2.05) is 32.9 Å². The van der Waals surface area contributed by atoms with Crippen molar-refractivity contribution in [3.05, 3.63) is 57.6 Å². The SMILES string of the molecule is Cc1ccc(S(=O)(=O)N2CCC3(CC2)CC(=O)c2cc(Cl)cc(C)c2O3)c(C)c1. The van der Waals surface area contributed by atoms with E-state index in [9.17, 15) is 13.2 Å². The van der Waals surface area contributed by atoms with Gasteiger partial charge in [0, 0.05) is 31.0 Å². The first kappa shape index (κ1) is 20.4. The van der Waals surface area contributed by atoms with Gasteiger partial charge in [-0.15, -0.1) is 0 Å². The molecule has 0 N–H and O–H groups in total. The van der Waals surface area contributed by atoms with Gasteiger partial charge in [-0.05, 0) is 50.1 Å². The minimum atomic E-state index is -3.58. The molecular weight excluding hydrogens is 410 g/mol. The van der Waals surface area contributed by atoms with Crippen molar-refractivity contribution in [3.8, 4) is 5.75 Å². The number of aryl methyl sites for hydroxylation is 3. The Morgan fingerprint density at radius 2 is 1.72 bits per heavy atom. The third kappa shape index (κ3) is 3.58. The Bertz CT molecular complexity index is 1100. The Morgan fingerprint density at radius 3 is 2.38 bits per heavy atom. The number of benzene rings is 2. The molecule has 1 saturated heterocycles. The number of fused-ring (bicyclic) bond motifs is 1. The fourth-order valence-electron chi connectivity index (χ4n) is 4.35. The first-order valence-electron chi connectivity index (χ1n) is 9.71. The van der Waals surface area contributed by atoms with Gasteiger partial charge in [0.2, 0.25) is 10.0 Å². The summed E-state index contributed by atoms with van der Waals surface area (Å²) in [4.78, 5) is 13.1. The van der Waals surface area contributed by atoms with Crippen molar-refractivity contribution in [1.29, 1.82) is 0 Å². The lowest BCUT2D eigenvalue weighted by molar-refractivity contribution is 0.00536. The number of ketones is 1. The van der Waals surface area contributed by atoms with Crippen LogP contribution in [0.15, 0.2) is 35.2 Å². The fourth-order valence-corrected chi connectivity index (χ4v) is 6.27. The molecule has 1 fully saturated rings. The quantitative estimate of drug-likeness (QED) is 0.701. The average Bonchev–Trinajstić information content (AvgIpc) is 2.63. The summed E-state index contributed by atoms with van der Waals surface area (Å²) in [5, 5.41) is 0.517. The Balaban J connectivity index is 1.57. The van der Waals surface area contributed by atoms with Crippen molar-refractivity contribution >= 4 is 27.4 Å². The average molecular weight is 434 g/mol. The van der Waals surface area contributed by atoms with Crippen molar-refractivity contribution < 1.29 is 17.9 Å². The normalized spacial score (nSPS) is 19.1. The maximum Gasteiger partial charge on any atom is 0.243 e. The molecule has 4 rings (SSSR count). The van der Waals surface area contributed by atoms with Crippen molar-refractivity contribution in [3.63, 3.8) is 0 Å². The maximum absolute atomic E-state index is 13.1. The highest BCUT2D eigenvalue weighted by Gasteiger charge is 2.45. The fraction of sp³-hybridized carbons (Fsp3) is 0.409. The third-order valence-corrected chi connectivity index (χ3v) is 8.20. The molecule has 0 saturated carbocycles. The second-order valence-electron chi connectivity index (χ2n) is 8.16. The van der Waals surface area contributed by atoms with Gasteiger partial charge in [-0.1, -0.05) is 29.3 Å². The molecule has 2 aromatic carbocycles. The highest BCUT2D eigenvalue weighted by Crippen LogP contribution is 2.42. The Hall–Kier alpha value is -1.89. The number of sulfonamides is 1. The van der Waals surface area contributed by atoms with E-state index in [-0.39, 0.29) is 12.2 Å². The lowest BCUT2D eigenvalue weighted by Gasteiger charge is -2.44. The van der Waals surface area contributed by atoms with E-state index in [0.29, 0.717) is 47.2 Å². The molecule has 2 heterocycles. The molecule has 0 unspecified atom stereocenters. The Morgan fingerprint density at radius 1 is 1.03 bits per heavy atom. The molecule has 2 aliphatic heterocycles. The van der Waals surface area contributed by atoms with E-state index in [1.54, 1.807) is 18.2 Å². The van der Waals surface area contributed by atoms with Gasteiger partial charge in [-0.25, -0.2) is 8.42 Å². The molecule has 0 atom stereocenters. The van der Waals surface area contributed by atoms with E-state index < -0.39 is 15.6 Å². The van der Waals surface area contributed by atoms with Crippen molar-refractivity contribution in [2.45, 2.75) is 50.5 Å². The number of carbonyl (C=O) groups excluding carboxylic acids is 1. The first-order valence-corrected chi connectivity index (χ1v) is 11.5. The van der Waals surface area contributed by atoms with Crippen LogP contribution in [-0.2, 0) is 10.0 Å². The number of hydrogen-bond acceptors (Lipinski definition) is 4. The number of nitrogens with zero attached hydrogens (tertiary/aromatic N) is 1. The van der Waals surface area contributed by atoms with E-state index in [0.717, 1.165) is 16.7 Å². The second-order valence-corrected chi connectivity index (χ2v) is 10.5. The number of carbonyl (C=O) groups is 1. The first-order chi connectivity index (χ1) is 13.6. The number of Topliss-reactive ketones (excluding diaryl/α,β-unsaturated/α-hetero) is 1. The number of ether oxygens (including phenoxy) is 1. The molecule has 0 radical (unpaired) electrons. The highest BCUT2D eigenvalue weighted by atomic mass is 35.5. The van der Waals surface area contributed by atoms with Crippen LogP contribution in [0.2, 0.25) is 5.02 Å².